The number of Topliss-reactive ketones (excluding diaryl/α,β-unsaturated/α-hetero) is 1. The predicted molar refractivity (Wildman–Crippen MR) is 86.6 cm³/mol. The van der Waals surface area contributed by atoms with Crippen molar-refractivity contribution in [3.63, 3.8) is 0 Å². The lowest BCUT2D eigenvalue weighted by molar-refractivity contribution is -0.171. The second-order valence-corrected chi connectivity index (χ2v) is 5.41. The molecule has 24 heavy (non-hydrogen) atoms. The largest absolute Gasteiger partial charge is 0.480 e. The van der Waals surface area contributed by atoms with E-state index < -0.39 is 23.1 Å². The molecule has 3 N–H and O–H groups in total. The van der Waals surface area contributed by atoms with E-state index in [0.717, 1.165) is 18.1 Å². The standard InChI is InChI=1S/C18H17NO5/c1-12(20)18(16(21)22,17(23)24-19)11-13-7-9-15(10-8-13)14-5-3-2-4-6-14/h2-10H,11,19H2,1H3,(H,21,22). The van der Waals surface area contributed by atoms with Gasteiger partial charge in [-0.1, -0.05) is 54.6 Å². The number of carbonyl (C=O) groups excluding carboxylic acids is 2. The van der Waals surface area contributed by atoms with Crippen molar-refractivity contribution in [2.45, 2.75) is 13.3 Å². The van der Waals surface area contributed by atoms with Crippen molar-refractivity contribution in [3.05, 3.63) is 60.2 Å². The minimum Gasteiger partial charge on any atom is -0.480 e. The van der Waals surface area contributed by atoms with Gasteiger partial charge in [0.25, 0.3) is 0 Å². The highest BCUT2D eigenvalue weighted by molar-refractivity contribution is 6.19. The SMILES string of the molecule is CC(=O)C(Cc1ccc(-c2ccccc2)cc1)(C(=O)O)C(=O)ON. The molecule has 0 bridgehead atoms. The minimum absolute atomic E-state index is 0.331. The fraction of sp³-hybridized carbons (Fsp3) is 0.167. The van der Waals surface area contributed by atoms with Crippen LogP contribution in [0, 0.1) is 5.41 Å². The third kappa shape index (κ3) is 3.18. The van der Waals surface area contributed by atoms with Crippen molar-refractivity contribution in [1.29, 1.82) is 0 Å². The van der Waals surface area contributed by atoms with E-state index in [9.17, 15) is 19.5 Å². The molecule has 2 rings (SSSR count). The summed E-state index contributed by atoms with van der Waals surface area (Å²) in [5, 5.41) is 9.41. The molecule has 1 unspecified atom stereocenters. The number of nitrogens with two attached hydrogens (primary N) is 1. The van der Waals surface area contributed by atoms with E-state index in [1.165, 1.54) is 0 Å². The van der Waals surface area contributed by atoms with Gasteiger partial charge in [0, 0.05) is 6.42 Å². The monoisotopic (exact) mass is 327 g/mol. The highest BCUT2D eigenvalue weighted by Crippen LogP contribution is 2.28. The van der Waals surface area contributed by atoms with E-state index in [1.54, 1.807) is 24.3 Å². The molecule has 2 aromatic rings. The first-order valence-electron chi connectivity index (χ1n) is 7.21. The number of rotatable bonds is 6. The van der Waals surface area contributed by atoms with Crippen LogP contribution in [0.2, 0.25) is 0 Å². The van der Waals surface area contributed by atoms with Gasteiger partial charge in [-0.2, -0.15) is 5.90 Å². The summed E-state index contributed by atoms with van der Waals surface area (Å²) in [6, 6.07) is 16.5. The van der Waals surface area contributed by atoms with Crippen molar-refractivity contribution in [3.8, 4) is 11.1 Å². The van der Waals surface area contributed by atoms with Crippen molar-refractivity contribution in [2.75, 3.05) is 0 Å². The van der Waals surface area contributed by atoms with Crippen LogP contribution in [0.4, 0.5) is 0 Å². The summed E-state index contributed by atoms with van der Waals surface area (Å²) in [4.78, 5) is 39.4. The van der Waals surface area contributed by atoms with Crippen LogP contribution in [0.3, 0.4) is 0 Å². The average molecular weight is 327 g/mol. The van der Waals surface area contributed by atoms with E-state index in [-0.39, 0.29) is 6.42 Å². The molecule has 0 aliphatic carbocycles. The topological polar surface area (TPSA) is 107 Å². The third-order valence-corrected chi connectivity index (χ3v) is 3.95. The molecule has 0 radical (unpaired) electrons. The van der Waals surface area contributed by atoms with Crippen LogP contribution in [0.15, 0.2) is 54.6 Å². The maximum Gasteiger partial charge on any atom is 0.349 e. The third-order valence-electron chi connectivity index (χ3n) is 3.95. The maximum atomic E-state index is 11.9. The van der Waals surface area contributed by atoms with Gasteiger partial charge in [-0.15, -0.1) is 0 Å². The average Bonchev–Trinajstić information content (AvgIpc) is 2.59. The first kappa shape index (κ1) is 17.4. The van der Waals surface area contributed by atoms with Gasteiger partial charge in [-0.25, -0.2) is 4.79 Å². The molecule has 0 heterocycles. The first-order chi connectivity index (χ1) is 11.4. The summed E-state index contributed by atoms with van der Waals surface area (Å²) >= 11 is 0. The zero-order chi connectivity index (χ0) is 17.7. The van der Waals surface area contributed by atoms with E-state index in [0.29, 0.717) is 5.56 Å². The number of carboxylic acids is 1. The molecular formula is C18H17NO5. The molecule has 0 spiro atoms. The summed E-state index contributed by atoms with van der Waals surface area (Å²) in [6.45, 7) is 1.03. The van der Waals surface area contributed by atoms with Gasteiger partial charge in [0.1, 0.15) is 0 Å². The number of aliphatic carboxylic acids is 1. The molecular weight excluding hydrogens is 310 g/mol. The Balaban J connectivity index is 2.35. The molecule has 0 fully saturated rings. The normalized spacial score (nSPS) is 12.9. The van der Waals surface area contributed by atoms with Crippen molar-refractivity contribution < 1.29 is 24.3 Å². The van der Waals surface area contributed by atoms with E-state index in [1.807, 2.05) is 30.3 Å². The van der Waals surface area contributed by atoms with Crippen LogP contribution < -0.4 is 5.90 Å². The fourth-order valence-electron chi connectivity index (χ4n) is 2.51. The number of hydrogen-bond acceptors (Lipinski definition) is 5. The van der Waals surface area contributed by atoms with Crippen molar-refractivity contribution in [2.24, 2.45) is 11.3 Å². The summed E-state index contributed by atoms with van der Waals surface area (Å²) < 4.78 is 0. The minimum atomic E-state index is -2.34. The zero-order valence-electron chi connectivity index (χ0n) is 13.1. The molecule has 1 atom stereocenters. The Hall–Kier alpha value is -2.99. The molecule has 0 aliphatic heterocycles. The van der Waals surface area contributed by atoms with Crippen LogP contribution in [-0.4, -0.2) is 22.8 Å². The number of carboxylic acid groups (broad SMARTS) is 1. The lowest BCUT2D eigenvalue weighted by Crippen LogP contribution is -2.49. The van der Waals surface area contributed by atoms with E-state index in [4.69, 9.17) is 5.90 Å². The van der Waals surface area contributed by atoms with E-state index >= 15 is 0 Å². The number of benzene rings is 2. The Morgan fingerprint density at radius 1 is 1.00 bits per heavy atom. The van der Waals surface area contributed by atoms with Crippen LogP contribution in [-0.2, 0) is 25.6 Å². The molecule has 0 aromatic heterocycles. The first-order valence-corrected chi connectivity index (χ1v) is 7.21. The number of hydrogen-bond donors (Lipinski definition) is 2. The molecule has 0 saturated heterocycles. The Labute approximate surface area is 138 Å². The summed E-state index contributed by atoms with van der Waals surface area (Å²) in [7, 11) is 0. The highest BCUT2D eigenvalue weighted by atomic mass is 16.7. The van der Waals surface area contributed by atoms with Crippen molar-refractivity contribution >= 4 is 17.7 Å². The van der Waals surface area contributed by atoms with Gasteiger partial charge < -0.3 is 9.94 Å². The zero-order valence-corrected chi connectivity index (χ0v) is 13.1. The molecule has 2 aromatic carbocycles. The van der Waals surface area contributed by atoms with Gasteiger partial charge >= 0.3 is 11.9 Å². The van der Waals surface area contributed by atoms with Crippen LogP contribution in [0.25, 0.3) is 11.1 Å². The summed E-state index contributed by atoms with van der Waals surface area (Å²) in [5.74, 6) is 1.12. The lowest BCUT2D eigenvalue weighted by atomic mass is 9.78. The van der Waals surface area contributed by atoms with Crippen LogP contribution >= 0.6 is 0 Å². The van der Waals surface area contributed by atoms with Crippen molar-refractivity contribution in [1.82, 2.24) is 0 Å². The predicted octanol–water partition coefficient (Wildman–Crippen LogP) is 1.97. The number of ketones is 1. The molecule has 124 valence electrons. The Kier molecular flexibility index (Phi) is 5.11. The van der Waals surface area contributed by atoms with Gasteiger partial charge in [-0.05, 0) is 23.6 Å². The molecule has 0 aliphatic rings. The summed E-state index contributed by atoms with van der Waals surface area (Å²) in [6.07, 6.45) is -0.331. The van der Waals surface area contributed by atoms with Gasteiger partial charge in [0.15, 0.2) is 5.78 Å². The maximum absolute atomic E-state index is 11.9. The van der Waals surface area contributed by atoms with Crippen LogP contribution in [0.5, 0.6) is 0 Å². The lowest BCUT2D eigenvalue weighted by Gasteiger charge is -2.23. The van der Waals surface area contributed by atoms with Gasteiger partial charge in [0.2, 0.25) is 5.41 Å². The van der Waals surface area contributed by atoms with Crippen LogP contribution in [0.1, 0.15) is 12.5 Å². The second kappa shape index (κ2) is 7.06. The Bertz CT molecular complexity index is 739. The van der Waals surface area contributed by atoms with Gasteiger partial charge in [-0.3, -0.25) is 9.59 Å². The fourth-order valence-corrected chi connectivity index (χ4v) is 2.51. The molecule has 6 heteroatoms. The Morgan fingerprint density at radius 2 is 1.54 bits per heavy atom. The quantitative estimate of drug-likeness (QED) is 0.620. The molecule has 6 nitrogen and oxygen atoms in total. The summed E-state index contributed by atoms with van der Waals surface area (Å²) in [5.41, 5.74) is 0.104. The second-order valence-electron chi connectivity index (χ2n) is 5.41. The Morgan fingerprint density at radius 3 is 2.00 bits per heavy atom. The smallest absolute Gasteiger partial charge is 0.349 e. The van der Waals surface area contributed by atoms with E-state index in [2.05, 4.69) is 4.84 Å². The molecule has 0 saturated carbocycles. The number of carbonyl (C=O) groups is 3. The highest BCUT2D eigenvalue weighted by Gasteiger charge is 2.52. The molecule has 0 amide bonds. The van der Waals surface area contributed by atoms with Gasteiger partial charge in [0.05, 0.1) is 0 Å².